The first-order valence-electron chi connectivity index (χ1n) is 17.3. The van der Waals surface area contributed by atoms with Crippen LogP contribution in [0.5, 0.6) is 11.5 Å². The third-order valence-corrected chi connectivity index (χ3v) is 9.36. The van der Waals surface area contributed by atoms with Crippen LogP contribution in [0.2, 0.25) is 5.02 Å². The number of alkyl halides is 3. The second-order valence-electron chi connectivity index (χ2n) is 13.0. The lowest BCUT2D eigenvalue weighted by Gasteiger charge is -2.36. The van der Waals surface area contributed by atoms with Gasteiger partial charge in [-0.3, -0.25) is 14.4 Å². The SMILES string of the molecule is CCc1c(N2CCN(C(=O)c3ncnc(C)c3O)CC2)c(=O)n2nc(-c3ccc(OCCN(C)C)cc3)nc2n1CC(=O)Nc1ccc(C(F)(F)F)cc1Cl. The van der Waals surface area contributed by atoms with Gasteiger partial charge in [0.1, 0.15) is 30.9 Å². The second-order valence-corrected chi connectivity index (χ2v) is 13.4. The van der Waals surface area contributed by atoms with Crippen molar-refractivity contribution in [2.24, 2.45) is 0 Å². The summed E-state index contributed by atoms with van der Waals surface area (Å²) in [5.74, 6) is -0.547. The monoisotopic (exact) mass is 782 g/mol. The third kappa shape index (κ3) is 8.34. The van der Waals surface area contributed by atoms with Crippen LogP contribution in [0.1, 0.15) is 34.4 Å². The number of ether oxygens (including phenoxy) is 1. The highest BCUT2D eigenvalue weighted by Crippen LogP contribution is 2.34. The van der Waals surface area contributed by atoms with E-state index in [4.69, 9.17) is 16.3 Å². The Kier molecular flexibility index (Phi) is 11.3. The van der Waals surface area contributed by atoms with E-state index >= 15 is 0 Å². The van der Waals surface area contributed by atoms with Gasteiger partial charge < -0.3 is 34.4 Å². The van der Waals surface area contributed by atoms with Gasteiger partial charge in [0.05, 0.1) is 27.7 Å². The molecule has 19 heteroatoms. The number of aromatic hydroxyl groups is 1. The Labute approximate surface area is 317 Å². The lowest BCUT2D eigenvalue weighted by atomic mass is 10.2. The van der Waals surface area contributed by atoms with E-state index < -0.39 is 35.7 Å². The molecule has 0 aliphatic carbocycles. The first-order chi connectivity index (χ1) is 26.2. The van der Waals surface area contributed by atoms with Gasteiger partial charge in [-0.05, 0) is 69.9 Å². The van der Waals surface area contributed by atoms with Gasteiger partial charge in [0, 0.05) is 38.3 Å². The number of likely N-dealkylation sites (N-methyl/N-ethyl adjacent to an activating group) is 1. The number of hydrogen-bond donors (Lipinski definition) is 2. The van der Waals surface area contributed by atoms with E-state index in [2.05, 4.69) is 25.4 Å². The number of aromatic nitrogens is 6. The number of halogens is 4. The number of aryl methyl sites for hydroxylation is 1. The van der Waals surface area contributed by atoms with Crippen LogP contribution in [0.3, 0.4) is 0 Å². The van der Waals surface area contributed by atoms with Gasteiger partial charge in [-0.2, -0.15) is 22.7 Å². The van der Waals surface area contributed by atoms with E-state index in [1.165, 1.54) is 11.2 Å². The number of amides is 2. The average Bonchev–Trinajstić information content (AvgIpc) is 3.60. The lowest BCUT2D eigenvalue weighted by Crippen LogP contribution is -2.51. The fourth-order valence-corrected chi connectivity index (χ4v) is 6.36. The van der Waals surface area contributed by atoms with Gasteiger partial charge in [0.15, 0.2) is 17.3 Å². The van der Waals surface area contributed by atoms with Crippen LogP contribution in [0, 0.1) is 6.92 Å². The highest BCUT2D eigenvalue weighted by molar-refractivity contribution is 6.33. The Morgan fingerprint density at radius 1 is 1.05 bits per heavy atom. The topological polar surface area (TPSA) is 163 Å². The van der Waals surface area contributed by atoms with E-state index in [0.29, 0.717) is 23.6 Å². The summed E-state index contributed by atoms with van der Waals surface area (Å²) in [6, 6.07) is 9.64. The Hall–Kier alpha value is -5.75. The molecule has 290 valence electrons. The molecule has 0 spiro atoms. The first kappa shape index (κ1) is 39.0. The van der Waals surface area contributed by atoms with Crippen LogP contribution >= 0.6 is 11.6 Å². The van der Waals surface area contributed by atoms with Crippen LogP contribution in [-0.2, 0) is 23.9 Å². The minimum absolute atomic E-state index is 0.0317. The summed E-state index contributed by atoms with van der Waals surface area (Å²) in [6.07, 6.45) is -3.16. The maximum Gasteiger partial charge on any atom is 0.416 e. The Bertz CT molecular complexity index is 2290. The van der Waals surface area contributed by atoms with Gasteiger partial charge >= 0.3 is 6.18 Å². The van der Waals surface area contributed by atoms with Gasteiger partial charge in [0.2, 0.25) is 11.7 Å². The molecule has 2 amide bonds. The van der Waals surface area contributed by atoms with Crippen LogP contribution in [0.15, 0.2) is 53.6 Å². The maximum absolute atomic E-state index is 14.3. The standard InChI is InChI=1S/C36H38ClF3N10O5/c1-5-27-30(47-12-14-48(15-13-47)33(53)29-31(52)21(2)41-20-42-29)34(54)50-35(44-32(45-50)22-6-9-24(10-7-22)55-17-16-46(3)4)49(27)19-28(51)43-26-11-8-23(18-25(26)37)36(38,39)40/h6-11,18,20,52H,5,12-17,19H2,1-4H3,(H,43,51). The van der Waals surface area contributed by atoms with Crippen molar-refractivity contribution >= 4 is 40.6 Å². The Morgan fingerprint density at radius 2 is 1.76 bits per heavy atom. The summed E-state index contributed by atoms with van der Waals surface area (Å²) in [5.41, 5.74) is -0.101. The summed E-state index contributed by atoms with van der Waals surface area (Å²) in [7, 11) is 3.88. The molecule has 3 aromatic heterocycles. The molecule has 0 radical (unpaired) electrons. The second kappa shape index (κ2) is 15.9. The minimum Gasteiger partial charge on any atom is -0.504 e. The zero-order chi connectivity index (χ0) is 39.6. The number of anilines is 2. The summed E-state index contributed by atoms with van der Waals surface area (Å²) >= 11 is 6.14. The van der Waals surface area contributed by atoms with Crippen LogP contribution in [0.4, 0.5) is 24.5 Å². The number of piperazine rings is 1. The van der Waals surface area contributed by atoms with Gasteiger partial charge in [-0.25, -0.2) is 9.97 Å². The van der Waals surface area contributed by atoms with Crippen molar-refractivity contribution in [3.63, 3.8) is 0 Å². The Morgan fingerprint density at radius 3 is 2.40 bits per heavy atom. The molecule has 15 nitrogen and oxygen atoms in total. The number of nitrogens with one attached hydrogen (secondary N) is 1. The van der Waals surface area contributed by atoms with Crippen molar-refractivity contribution in [3.8, 4) is 22.9 Å². The molecule has 4 heterocycles. The highest BCUT2D eigenvalue weighted by Gasteiger charge is 2.32. The largest absolute Gasteiger partial charge is 0.504 e. The van der Waals surface area contributed by atoms with E-state index in [0.717, 1.165) is 29.3 Å². The zero-order valence-corrected chi connectivity index (χ0v) is 31.1. The van der Waals surface area contributed by atoms with Gasteiger partial charge in [-0.1, -0.05) is 18.5 Å². The molecule has 1 aliphatic rings. The maximum atomic E-state index is 14.3. The van der Waals surface area contributed by atoms with E-state index in [1.54, 1.807) is 40.7 Å². The van der Waals surface area contributed by atoms with E-state index in [1.807, 2.05) is 25.9 Å². The van der Waals surface area contributed by atoms with Crippen molar-refractivity contribution in [1.29, 1.82) is 0 Å². The van der Waals surface area contributed by atoms with Crippen LogP contribution in [0.25, 0.3) is 17.2 Å². The predicted octanol–water partition coefficient (Wildman–Crippen LogP) is 4.14. The lowest BCUT2D eigenvalue weighted by molar-refractivity contribution is -0.137. The average molecular weight is 783 g/mol. The molecular formula is C36H38ClF3N10O5. The molecule has 1 aliphatic heterocycles. The van der Waals surface area contributed by atoms with Crippen molar-refractivity contribution in [2.75, 3.05) is 63.6 Å². The molecule has 5 aromatic rings. The van der Waals surface area contributed by atoms with Gasteiger partial charge in [-0.15, -0.1) is 5.10 Å². The van der Waals surface area contributed by atoms with Gasteiger partial charge in [0.25, 0.3) is 11.5 Å². The van der Waals surface area contributed by atoms with Crippen LogP contribution < -0.4 is 20.5 Å². The molecule has 1 saturated heterocycles. The smallest absolute Gasteiger partial charge is 0.416 e. The first-order valence-corrected chi connectivity index (χ1v) is 17.7. The predicted molar refractivity (Wildman–Crippen MR) is 198 cm³/mol. The quantitative estimate of drug-likeness (QED) is 0.198. The minimum atomic E-state index is -4.62. The summed E-state index contributed by atoms with van der Waals surface area (Å²) < 4.78 is 48.2. The molecule has 55 heavy (non-hydrogen) atoms. The summed E-state index contributed by atoms with van der Waals surface area (Å²) in [5, 5.41) is 17.2. The molecule has 1 fully saturated rings. The molecule has 0 saturated carbocycles. The third-order valence-electron chi connectivity index (χ3n) is 9.04. The molecule has 2 N–H and O–H groups in total. The fourth-order valence-electron chi connectivity index (χ4n) is 6.13. The summed E-state index contributed by atoms with van der Waals surface area (Å²) in [4.78, 5) is 59.1. The number of carbonyl (C=O) groups is 2. The molecular weight excluding hydrogens is 745 g/mol. The van der Waals surface area contributed by atoms with E-state index in [9.17, 15) is 32.7 Å². The molecule has 0 unspecified atom stereocenters. The van der Waals surface area contributed by atoms with Crippen molar-refractivity contribution in [1.82, 2.24) is 38.9 Å². The van der Waals surface area contributed by atoms with Crippen molar-refractivity contribution in [3.05, 3.63) is 86.8 Å². The van der Waals surface area contributed by atoms with Crippen molar-refractivity contribution in [2.45, 2.75) is 33.0 Å². The van der Waals surface area contributed by atoms with E-state index in [-0.39, 0.29) is 77.7 Å². The molecule has 0 bridgehead atoms. The Balaban J connectivity index is 1.35. The zero-order valence-electron chi connectivity index (χ0n) is 30.4. The molecule has 2 aromatic carbocycles. The normalized spacial score (nSPS) is 13.5. The number of nitrogens with zero attached hydrogens (tertiary/aromatic N) is 9. The number of benzene rings is 2. The summed E-state index contributed by atoms with van der Waals surface area (Å²) in [6.45, 7) is 4.96. The molecule has 6 rings (SSSR count). The van der Waals surface area contributed by atoms with Crippen LogP contribution in [-0.4, -0.2) is 109 Å². The number of hydrogen-bond acceptors (Lipinski definition) is 11. The number of fused-ring (bicyclic) bond motifs is 1. The number of carbonyl (C=O) groups excluding carboxylic acids is 2. The number of rotatable bonds is 11. The molecule has 0 atom stereocenters. The highest BCUT2D eigenvalue weighted by atomic mass is 35.5. The van der Waals surface area contributed by atoms with Crippen molar-refractivity contribution < 1.29 is 32.6 Å². The fraction of sp³-hybridized carbons (Fsp3) is 0.361.